The molecule has 196 valence electrons. The summed E-state index contributed by atoms with van der Waals surface area (Å²) in [5.74, 6) is -2.66. The lowest BCUT2D eigenvalue weighted by molar-refractivity contribution is -0.167. The monoisotopic (exact) mass is 527 g/mol. The minimum Gasteiger partial charge on any atom is -0.439 e. The third kappa shape index (κ3) is 6.04. The minimum absolute atomic E-state index is 0.0101. The van der Waals surface area contributed by atoms with Crippen molar-refractivity contribution in [2.45, 2.75) is 37.8 Å². The molecular formula is C24H19F6N3O4. The molecule has 2 aromatic carbocycles. The van der Waals surface area contributed by atoms with E-state index in [-0.39, 0.29) is 24.0 Å². The van der Waals surface area contributed by atoms with Gasteiger partial charge in [0.1, 0.15) is 6.10 Å². The van der Waals surface area contributed by atoms with Crippen molar-refractivity contribution in [3.63, 3.8) is 0 Å². The van der Waals surface area contributed by atoms with Gasteiger partial charge in [0, 0.05) is 11.6 Å². The molecule has 7 nitrogen and oxygen atoms in total. The summed E-state index contributed by atoms with van der Waals surface area (Å²) in [5, 5.41) is 1.57. The first-order chi connectivity index (χ1) is 17.3. The van der Waals surface area contributed by atoms with Crippen LogP contribution in [-0.2, 0) is 22.1 Å². The zero-order valence-electron chi connectivity index (χ0n) is 19.1. The molecule has 1 saturated heterocycles. The van der Waals surface area contributed by atoms with Crippen LogP contribution in [0.2, 0.25) is 0 Å². The van der Waals surface area contributed by atoms with Crippen LogP contribution >= 0.6 is 0 Å². The van der Waals surface area contributed by atoms with E-state index in [1.54, 1.807) is 36.5 Å². The van der Waals surface area contributed by atoms with Gasteiger partial charge in [-0.1, -0.05) is 24.3 Å². The Morgan fingerprint density at radius 2 is 1.84 bits per heavy atom. The van der Waals surface area contributed by atoms with Gasteiger partial charge >= 0.3 is 24.4 Å². The van der Waals surface area contributed by atoms with Crippen LogP contribution in [0, 0.1) is 0 Å². The third-order valence-electron chi connectivity index (χ3n) is 5.69. The Hall–Kier alpha value is -4.03. The van der Waals surface area contributed by atoms with Crippen LogP contribution in [0.3, 0.4) is 0 Å². The smallest absolute Gasteiger partial charge is 0.439 e. The molecule has 2 atom stereocenters. The van der Waals surface area contributed by atoms with Crippen molar-refractivity contribution in [1.29, 1.82) is 0 Å². The van der Waals surface area contributed by atoms with Crippen molar-refractivity contribution in [1.82, 2.24) is 9.88 Å². The topological polar surface area (TPSA) is 84.7 Å². The van der Waals surface area contributed by atoms with Crippen molar-refractivity contribution in [3.05, 3.63) is 71.4 Å². The van der Waals surface area contributed by atoms with Crippen molar-refractivity contribution < 1.29 is 45.1 Å². The summed E-state index contributed by atoms with van der Waals surface area (Å²) in [5.41, 5.74) is 0.658. The van der Waals surface area contributed by atoms with E-state index in [0.29, 0.717) is 12.0 Å². The minimum atomic E-state index is -5.07. The Morgan fingerprint density at radius 3 is 2.49 bits per heavy atom. The second-order valence-corrected chi connectivity index (χ2v) is 8.38. The Labute approximate surface area is 206 Å². The van der Waals surface area contributed by atoms with E-state index in [0.717, 1.165) is 23.9 Å². The number of alkyl halides is 6. The van der Waals surface area contributed by atoms with Gasteiger partial charge in [-0.05, 0) is 48.7 Å². The fourth-order valence-corrected chi connectivity index (χ4v) is 3.81. The fourth-order valence-electron chi connectivity index (χ4n) is 3.81. The number of benzene rings is 2. The van der Waals surface area contributed by atoms with Crippen LogP contribution < -0.4 is 5.32 Å². The third-order valence-corrected chi connectivity index (χ3v) is 5.69. The lowest BCUT2D eigenvalue weighted by Crippen LogP contribution is -2.35. The number of amides is 2. The number of ether oxygens (including phenoxy) is 1. The highest BCUT2D eigenvalue weighted by Gasteiger charge is 2.39. The van der Waals surface area contributed by atoms with E-state index in [1.165, 1.54) is 17.0 Å². The number of nitrogens with zero attached hydrogens (tertiary/aromatic N) is 2. The number of anilines is 1. The van der Waals surface area contributed by atoms with Gasteiger partial charge in [-0.15, -0.1) is 0 Å². The second kappa shape index (κ2) is 9.79. The molecule has 1 aliphatic heterocycles. The molecule has 1 aliphatic rings. The van der Waals surface area contributed by atoms with Gasteiger partial charge in [-0.25, -0.2) is 9.78 Å². The number of oxazole rings is 1. The Kier molecular flexibility index (Phi) is 6.89. The molecule has 0 spiro atoms. The number of carbonyl (C=O) groups excluding carboxylic acids is 2. The van der Waals surface area contributed by atoms with Crippen LogP contribution in [0.4, 0.5) is 37.0 Å². The van der Waals surface area contributed by atoms with Gasteiger partial charge in [0.15, 0.2) is 0 Å². The van der Waals surface area contributed by atoms with E-state index < -0.39 is 41.9 Å². The Morgan fingerprint density at radius 1 is 1.14 bits per heavy atom. The molecule has 37 heavy (non-hydrogen) atoms. The Bertz CT molecular complexity index is 1290. The maximum absolute atomic E-state index is 13.0. The van der Waals surface area contributed by atoms with Gasteiger partial charge in [0.2, 0.25) is 11.8 Å². The molecule has 2 amide bonds. The molecule has 0 saturated carbocycles. The molecule has 1 N–H and O–H groups in total. The normalized spacial score (nSPS) is 17.0. The highest BCUT2D eigenvalue weighted by atomic mass is 19.4. The van der Waals surface area contributed by atoms with Gasteiger partial charge in [-0.2, -0.15) is 26.3 Å². The highest BCUT2D eigenvalue weighted by Crippen LogP contribution is 2.34. The molecule has 2 heterocycles. The first kappa shape index (κ1) is 26.0. The predicted molar refractivity (Wildman–Crippen MR) is 117 cm³/mol. The number of carbonyl (C=O) groups is 2. The average molecular weight is 527 g/mol. The van der Waals surface area contributed by atoms with E-state index in [4.69, 9.17) is 9.15 Å². The van der Waals surface area contributed by atoms with E-state index in [2.05, 4.69) is 4.98 Å². The first-order valence-corrected chi connectivity index (χ1v) is 10.9. The van der Waals surface area contributed by atoms with Crippen molar-refractivity contribution in [2.24, 2.45) is 0 Å². The Balaban J connectivity index is 1.38. The zero-order valence-corrected chi connectivity index (χ0v) is 19.1. The van der Waals surface area contributed by atoms with Crippen LogP contribution in [0.5, 0.6) is 0 Å². The summed E-state index contributed by atoms with van der Waals surface area (Å²) in [7, 11) is 0. The highest BCUT2D eigenvalue weighted by molar-refractivity contribution is 5.93. The quantitative estimate of drug-likeness (QED) is 0.399. The number of aromatic nitrogens is 1. The van der Waals surface area contributed by atoms with Crippen LogP contribution in [0.15, 0.2) is 59.1 Å². The molecule has 4 rings (SSSR count). The van der Waals surface area contributed by atoms with Crippen molar-refractivity contribution in [3.8, 4) is 11.5 Å². The summed E-state index contributed by atoms with van der Waals surface area (Å²) in [6.45, 7) is 1.86. The zero-order chi connectivity index (χ0) is 27.0. The van der Waals surface area contributed by atoms with Gasteiger partial charge in [0.05, 0.1) is 18.3 Å². The molecule has 13 heteroatoms. The molecule has 0 radical (unpaired) electrons. The summed E-state index contributed by atoms with van der Waals surface area (Å²) in [6, 6.07) is 10.9. The molecule has 1 fully saturated rings. The van der Waals surface area contributed by atoms with Gasteiger partial charge in [0.25, 0.3) is 0 Å². The number of hydrogen-bond acceptors (Lipinski definition) is 5. The van der Waals surface area contributed by atoms with Gasteiger partial charge < -0.3 is 14.1 Å². The molecule has 1 aromatic heterocycles. The summed E-state index contributed by atoms with van der Waals surface area (Å²) >= 11 is 0. The predicted octanol–water partition coefficient (Wildman–Crippen LogP) is 5.99. The number of cyclic esters (lactones) is 1. The van der Waals surface area contributed by atoms with Crippen molar-refractivity contribution in [2.75, 3.05) is 11.9 Å². The standard InChI is InChI=1S/C24H19F6N3O4/c1-13(33-12-18(36-22(33)35)16-3-2-4-17(10-16)23(25,26)27)9-14-5-7-15(8-6-14)20-31-11-19(37-20)32-21(34)24(28,29)30/h2-8,10-11,13,18H,9,12H2,1H3,(H,32,34). The number of halogens is 6. The molecule has 2 unspecified atom stereocenters. The maximum atomic E-state index is 13.0. The molecular weight excluding hydrogens is 508 g/mol. The summed E-state index contributed by atoms with van der Waals surface area (Å²) < 4.78 is 86.6. The SMILES string of the molecule is CC(Cc1ccc(-c2ncc(NC(=O)C(F)(F)F)o2)cc1)N1CC(c2cccc(C(F)(F)F)c2)OC1=O. The van der Waals surface area contributed by atoms with Crippen LogP contribution in [0.1, 0.15) is 29.7 Å². The largest absolute Gasteiger partial charge is 0.471 e. The van der Waals surface area contributed by atoms with Crippen LogP contribution in [0.25, 0.3) is 11.5 Å². The van der Waals surface area contributed by atoms with E-state index in [9.17, 15) is 35.9 Å². The van der Waals surface area contributed by atoms with Gasteiger partial charge in [-0.3, -0.25) is 10.1 Å². The lowest BCUT2D eigenvalue weighted by Gasteiger charge is -2.22. The van der Waals surface area contributed by atoms with E-state index >= 15 is 0 Å². The second-order valence-electron chi connectivity index (χ2n) is 8.38. The lowest BCUT2D eigenvalue weighted by atomic mass is 10.0. The molecule has 0 aliphatic carbocycles. The summed E-state index contributed by atoms with van der Waals surface area (Å²) in [6.07, 6.45) is -9.71. The molecule has 3 aromatic rings. The fraction of sp³-hybridized carbons (Fsp3) is 0.292. The molecule has 0 bridgehead atoms. The maximum Gasteiger partial charge on any atom is 0.471 e. The number of hydrogen-bond donors (Lipinski definition) is 1. The van der Waals surface area contributed by atoms with E-state index in [1.807, 2.05) is 0 Å². The summed E-state index contributed by atoms with van der Waals surface area (Å²) in [4.78, 5) is 28.7. The van der Waals surface area contributed by atoms with Crippen LogP contribution in [-0.4, -0.2) is 40.6 Å². The average Bonchev–Trinajstić information content (AvgIpc) is 3.45. The number of nitrogens with one attached hydrogen (secondary N) is 1. The number of rotatable bonds is 6. The van der Waals surface area contributed by atoms with Crippen molar-refractivity contribution >= 4 is 17.9 Å². The first-order valence-electron chi connectivity index (χ1n) is 10.9.